The Labute approximate surface area is 146 Å². The maximum absolute atomic E-state index is 6.21. The first-order chi connectivity index (χ1) is 11.3. The van der Waals surface area contributed by atoms with Crippen LogP contribution in [0.4, 0.5) is 0 Å². The molecule has 2 heteroatoms. The first kappa shape index (κ1) is 18.1. The number of hydrogen-bond donors (Lipinski definition) is 0. The minimum absolute atomic E-state index is 0.449. The Balaban J connectivity index is 2.32. The van der Waals surface area contributed by atoms with Crippen LogP contribution >= 0.6 is 0 Å². The lowest BCUT2D eigenvalue weighted by Crippen LogP contribution is -2.23. The number of hydrogen-bond acceptors (Lipinski definition) is 2. The first-order valence-electron chi connectivity index (χ1n) is 8.43. The van der Waals surface area contributed by atoms with Crippen molar-refractivity contribution in [1.29, 1.82) is 0 Å². The molecular weight excluding hydrogens is 296 g/mol. The second-order valence-corrected chi connectivity index (χ2v) is 6.59. The number of benzene rings is 2. The van der Waals surface area contributed by atoms with Gasteiger partial charge in [0.2, 0.25) is 0 Å². The molecule has 128 valence electrons. The molecule has 0 radical (unpaired) electrons. The molecule has 0 aromatic heterocycles. The molecule has 0 heterocycles. The van der Waals surface area contributed by atoms with Gasteiger partial charge in [0.1, 0.15) is 11.5 Å². The highest BCUT2D eigenvalue weighted by atomic mass is 16.7. The van der Waals surface area contributed by atoms with Gasteiger partial charge in [-0.3, -0.25) is 0 Å². The van der Waals surface area contributed by atoms with Gasteiger partial charge in [-0.05, 0) is 76.8 Å². The molecule has 0 aliphatic carbocycles. The van der Waals surface area contributed by atoms with Gasteiger partial charge < -0.3 is 9.47 Å². The molecular formula is C22H28O2. The van der Waals surface area contributed by atoms with Gasteiger partial charge in [0.05, 0.1) is 0 Å². The maximum atomic E-state index is 6.21. The van der Waals surface area contributed by atoms with Crippen LogP contribution in [0.3, 0.4) is 0 Å². The van der Waals surface area contributed by atoms with Crippen molar-refractivity contribution in [3.05, 3.63) is 69.8 Å². The Kier molecular flexibility index (Phi) is 5.71. The van der Waals surface area contributed by atoms with Crippen LogP contribution in [-0.4, -0.2) is 6.29 Å². The Morgan fingerprint density at radius 1 is 0.667 bits per heavy atom. The summed E-state index contributed by atoms with van der Waals surface area (Å²) in [5, 5.41) is 0. The van der Waals surface area contributed by atoms with Crippen molar-refractivity contribution in [3.63, 3.8) is 0 Å². The fraction of sp³-hybridized carbons (Fsp3) is 0.364. The van der Waals surface area contributed by atoms with E-state index in [4.69, 9.17) is 9.47 Å². The SMILES string of the molecule is CC=CC(Oc1c(C)cc(C)cc1C)Oc1c(C)cc(C)cc1C. The van der Waals surface area contributed by atoms with Crippen molar-refractivity contribution in [1.82, 2.24) is 0 Å². The summed E-state index contributed by atoms with van der Waals surface area (Å²) in [6, 6.07) is 8.55. The molecule has 0 aliphatic rings. The van der Waals surface area contributed by atoms with E-state index in [2.05, 4.69) is 65.8 Å². The molecule has 0 atom stereocenters. The van der Waals surface area contributed by atoms with Gasteiger partial charge in [0.25, 0.3) is 6.29 Å². The third-order valence-corrected chi connectivity index (χ3v) is 4.03. The highest BCUT2D eigenvalue weighted by Gasteiger charge is 2.15. The highest BCUT2D eigenvalue weighted by molar-refractivity contribution is 5.45. The largest absolute Gasteiger partial charge is 0.451 e. The molecule has 2 aromatic rings. The number of aryl methyl sites for hydroxylation is 6. The molecule has 2 nitrogen and oxygen atoms in total. The average Bonchev–Trinajstić information content (AvgIpc) is 2.46. The summed E-state index contributed by atoms with van der Waals surface area (Å²) >= 11 is 0. The van der Waals surface area contributed by atoms with E-state index in [0.29, 0.717) is 0 Å². The third-order valence-electron chi connectivity index (χ3n) is 4.03. The zero-order chi connectivity index (χ0) is 17.9. The van der Waals surface area contributed by atoms with E-state index in [0.717, 1.165) is 33.8 Å². The molecule has 0 saturated heterocycles. The van der Waals surface area contributed by atoms with Gasteiger partial charge in [0, 0.05) is 0 Å². The van der Waals surface area contributed by atoms with Crippen molar-refractivity contribution < 1.29 is 9.47 Å². The van der Waals surface area contributed by atoms with Gasteiger partial charge in [-0.25, -0.2) is 0 Å². The van der Waals surface area contributed by atoms with Crippen LogP contribution in [0, 0.1) is 41.5 Å². The topological polar surface area (TPSA) is 18.5 Å². The molecule has 0 N–H and O–H groups in total. The molecule has 2 rings (SSSR count). The summed E-state index contributed by atoms with van der Waals surface area (Å²) < 4.78 is 12.4. The Bertz CT molecular complexity index is 651. The summed E-state index contributed by atoms with van der Waals surface area (Å²) in [4.78, 5) is 0. The average molecular weight is 324 g/mol. The zero-order valence-corrected chi connectivity index (χ0v) is 15.9. The van der Waals surface area contributed by atoms with Gasteiger partial charge in [0.15, 0.2) is 0 Å². The molecule has 0 unspecified atom stereocenters. The van der Waals surface area contributed by atoms with E-state index in [9.17, 15) is 0 Å². The molecule has 24 heavy (non-hydrogen) atoms. The highest BCUT2D eigenvalue weighted by Crippen LogP contribution is 2.29. The van der Waals surface area contributed by atoms with Crippen molar-refractivity contribution in [2.75, 3.05) is 0 Å². The summed E-state index contributed by atoms with van der Waals surface area (Å²) in [7, 11) is 0. The van der Waals surface area contributed by atoms with Crippen molar-refractivity contribution >= 4 is 0 Å². The molecule has 0 amide bonds. The lowest BCUT2D eigenvalue weighted by atomic mass is 10.1. The summed E-state index contributed by atoms with van der Waals surface area (Å²) in [5.74, 6) is 1.79. The third kappa shape index (κ3) is 4.19. The fourth-order valence-electron chi connectivity index (χ4n) is 3.20. The second-order valence-electron chi connectivity index (χ2n) is 6.59. The second kappa shape index (κ2) is 7.57. The van der Waals surface area contributed by atoms with Gasteiger partial charge in [-0.2, -0.15) is 0 Å². The van der Waals surface area contributed by atoms with Crippen LogP contribution < -0.4 is 9.47 Å². The van der Waals surface area contributed by atoms with Crippen molar-refractivity contribution in [2.45, 2.75) is 54.8 Å². The van der Waals surface area contributed by atoms with Crippen LogP contribution in [0.15, 0.2) is 36.4 Å². The van der Waals surface area contributed by atoms with Gasteiger partial charge in [-0.15, -0.1) is 0 Å². The van der Waals surface area contributed by atoms with E-state index in [1.807, 2.05) is 19.1 Å². The Morgan fingerprint density at radius 3 is 1.29 bits per heavy atom. The van der Waals surface area contributed by atoms with Crippen LogP contribution in [0.1, 0.15) is 40.3 Å². The fourth-order valence-corrected chi connectivity index (χ4v) is 3.20. The number of ether oxygens (including phenoxy) is 2. The molecule has 0 spiro atoms. The number of rotatable bonds is 5. The molecule has 0 fully saturated rings. The number of allylic oxidation sites excluding steroid dienone is 1. The Hall–Kier alpha value is -2.22. The smallest absolute Gasteiger partial charge is 0.260 e. The molecule has 0 bridgehead atoms. The summed E-state index contributed by atoms with van der Waals surface area (Å²) in [5.41, 5.74) is 6.99. The van der Waals surface area contributed by atoms with Gasteiger partial charge in [-0.1, -0.05) is 41.5 Å². The van der Waals surface area contributed by atoms with E-state index in [-0.39, 0.29) is 0 Å². The first-order valence-corrected chi connectivity index (χ1v) is 8.43. The lowest BCUT2D eigenvalue weighted by molar-refractivity contribution is 0.0447. The monoisotopic (exact) mass is 324 g/mol. The van der Waals surface area contributed by atoms with Crippen molar-refractivity contribution in [2.24, 2.45) is 0 Å². The normalized spacial score (nSPS) is 11.3. The van der Waals surface area contributed by atoms with Crippen LogP contribution in [-0.2, 0) is 0 Å². The minimum Gasteiger partial charge on any atom is -0.451 e. The minimum atomic E-state index is -0.449. The van der Waals surface area contributed by atoms with Crippen LogP contribution in [0.2, 0.25) is 0 Å². The standard InChI is InChI=1S/C22H28O2/c1-8-9-20(23-21-16(4)10-14(2)11-17(21)5)24-22-18(6)12-15(3)13-19(22)7/h8-13,20H,1-7H3. The maximum Gasteiger partial charge on any atom is 0.260 e. The van der Waals surface area contributed by atoms with E-state index in [1.54, 1.807) is 0 Å². The van der Waals surface area contributed by atoms with E-state index in [1.165, 1.54) is 11.1 Å². The predicted octanol–water partition coefficient (Wildman–Crippen LogP) is 5.90. The van der Waals surface area contributed by atoms with Crippen molar-refractivity contribution in [3.8, 4) is 11.5 Å². The van der Waals surface area contributed by atoms with Gasteiger partial charge >= 0.3 is 0 Å². The Morgan fingerprint density at radius 2 is 1.00 bits per heavy atom. The summed E-state index contributed by atoms with van der Waals surface area (Å²) in [6.45, 7) is 14.5. The molecule has 2 aromatic carbocycles. The van der Waals surface area contributed by atoms with Crippen LogP contribution in [0.5, 0.6) is 11.5 Å². The quantitative estimate of drug-likeness (QED) is 0.504. The van der Waals surface area contributed by atoms with E-state index < -0.39 is 6.29 Å². The molecule has 0 saturated carbocycles. The van der Waals surface area contributed by atoms with Crippen LogP contribution in [0.25, 0.3) is 0 Å². The predicted molar refractivity (Wildman–Crippen MR) is 101 cm³/mol. The summed E-state index contributed by atoms with van der Waals surface area (Å²) in [6.07, 6.45) is 3.45. The molecule has 0 aliphatic heterocycles. The van der Waals surface area contributed by atoms with E-state index >= 15 is 0 Å². The zero-order valence-electron chi connectivity index (χ0n) is 15.9. The lowest BCUT2D eigenvalue weighted by Gasteiger charge is -2.23.